The van der Waals surface area contributed by atoms with Gasteiger partial charge in [0.25, 0.3) is 0 Å². The van der Waals surface area contributed by atoms with Crippen molar-refractivity contribution in [3.05, 3.63) is 35.9 Å². The highest BCUT2D eigenvalue weighted by Gasteiger charge is 2.25. The fourth-order valence-corrected chi connectivity index (χ4v) is 3.24. The number of rotatable bonds is 7. The summed E-state index contributed by atoms with van der Waals surface area (Å²) in [5.41, 5.74) is 0.821. The smallest absolute Gasteiger partial charge is 0.304 e. The Morgan fingerprint density at radius 2 is 1.81 bits per heavy atom. The predicted molar refractivity (Wildman–Crippen MR) is 82.4 cm³/mol. The van der Waals surface area contributed by atoms with E-state index in [2.05, 4.69) is 4.72 Å². The van der Waals surface area contributed by atoms with E-state index in [9.17, 15) is 13.2 Å². The van der Waals surface area contributed by atoms with Crippen LogP contribution >= 0.6 is 0 Å². The summed E-state index contributed by atoms with van der Waals surface area (Å²) >= 11 is 0. The Kier molecular flexibility index (Phi) is 5.92. The minimum atomic E-state index is -3.63. The van der Waals surface area contributed by atoms with Gasteiger partial charge in [-0.25, -0.2) is 13.1 Å². The molecule has 0 aliphatic heterocycles. The average molecular weight is 313 g/mol. The van der Waals surface area contributed by atoms with Crippen molar-refractivity contribution in [1.82, 2.24) is 4.72 Å². The summed E-state index contributed by atoms with van der Waals surface area (Å²) in [5, 5.41) is 8.62. The van der Waals surface area contributed by atoms with Gasteiger partial charge in [-0.1, -0.05) is 51.1 Å². The number of carbonyl (C=O) groups is 1. The topological polar surface area (TPSA) is 83.5 Å². The minimum Gasteiger partial charge on any atom is -0.481 e. The van der Waals surface area contributed by atoms with Crippen molar-refractivity contribution in [3.63, 3.8) is 0 Å². The highest BCUT2D eigenvalue weighted by atomic mass is 32.2. The highest BCUT2D eigenvalue weighted by molar-refractivity contribution is 7.89. The molecule has 0 amide bonds. The van der Waals surface area contributed by atoms with Crippen LogP contribution < -0.4 is 4.72 Å². The van der Waals surface area contributed by atoms with Gasteiger partial charge in [-0.15, -0.1) is 0 Å². The molecule has 0 aliphatic rings. The van der Waals surface area contributed by atoms with E-state index in [0.29, 0.717) is 6.42 Å². The summed E-state index contributed by atoms with van der Waals surface area (Å²) in [6.45, 7) is 6.11. The molecule has 2 N–H and O–H groups in total. The van der Waals surface area contributed by atoms with E-state index in [1.54, 1.807) is 0 Å². The molecule has 0 bridgehead atoms. The Labute approximate surface area is 126 Å². The molecule has 6 heteroatoms. The third-order valence-electron chi connectivity index (χ3n) is 2.92. The van der Waals surface area contributed by atoms with Crippen LogP contribution in [-0.2, 0) is 14.8 Å². The van der Waals surface area contributed by atoms with Crippen LogP contribution in [0.25, 0.3) is 0 Å². The molecular formula is C15H23NO4S. The van der Waals surface area contributed by atoms with Crippen LogP contribution in [0.15, 0.2) is 30.3 Å². The van der Waals surface area contributed by atoms with Crippen LogP contribution in [-0.4, -0.2) is 25.2 Å². The lowest BCUT2D eigenvalue weighted by Crippen LogP contribution is -2.33. The number of carboxylic acids is 1. The maximum atomic E-state index is 12.0. The van der Waals surface area contributed by atoms with Gasteiger partial charge in [0.1, 0.15) is 0 Å². The maximum absolute atomic E-state index is 12.0. The summed E-state index contributed by atoms with van der Waals surface area (Å²) in [5.74, 6) is -1.53. The summed E-state index contributed by atoms with van der Waals surface area (Å²) in [6, 6.07) is 8.97. The second-order valence-corrected chi connectivity index (χ2v) is 8.18. The molecule has 118 valence electrons. The van der Waals surface area contributed by atoms with Gasteiger partial charge in [0.05, 0.1) is 12.2 Å². The first-order valence-corrected chi connectivity index (χ1v) is 8.51. The van der Waals surface area contributed by atoms with Gasteiger partial charge in [0.15, 0.2) is 0 Å². The predicted octanol–water partition coefficient (Wildman–Crippen LogP) is 2.56. The Morgan fingerprint density at radius 1 is 1.24 bits per heavy atom. The molecule has 21 heavy (non-hydrogen) atoms. The van der Waals surface area contributed by atoms with Crippen LogP contribution in [0.4, 0.5) is 0 Å². The zero-order valence-electron chi connectivity index (χ0n) is 12.7. The second kappa shape index (κ2) is 7.04. The van der Waals surface area contributed by atoms with E-state index < -0.39 is 28.2 Å². The van der Waals surface area contributed by atoms with E-state index >= 15 is 0 Å². The fourth-order valence-electron chi connectivity index (χ4n) is 2.02. The Balaban J connectivity index is 2.90. The number of sulfonamides is 1. The Morgan fingerprint density at radius 3 is 2.29 bits per heavy atom. The number of hydrogen-bond acceptors (Lipinski definition) is 3. The van der Waals surface area contributed by atoms with Crippen LogP contribution in [0.2, 0.25) is 0 Å². The van der Waals surface area contributed by atoms with Crippen molar-refractivity contribution < 1.29 is 18.3 Å². The van der Waals surface area contributed by atoms with Crippen molar-refractivity contribution in [2.75, 3.05) is 5.75 Å². The van der Waals surface area contributed by atoms with Gasteiger partial charge in [0.2, 0.25) is 10.0 Å². The van der Waals surface area contributed by atoms with E-state index in [1.165, 1.54) is 0 Å². The first-order chi connectivity index (χ1) is 9.59. The molecule has 0 saturated heterocycles. The van der Waals surface area contributed by atoms with Crippen LogP contribution in [0.1, 0.15) is 45.2 Å². The van der Waals surface area contributed by atoms with Crippen LogP contribution in [0.5, 0.6) is 0 Å². The van der Waals surface area contributed by atoms with E-state index in [0.717, 1.165) is 5.56 Å². The molecule has 1 rings (SSSR count). The average Bonchev–Trinajstić information content (AvgIpc) is 2.35. The molecule has 0 heterocycles. The Hall–Kier alpha value is -1.40. The molecule has 1 atom stereocenters. The lowest BCUT2D eigenvalue weighted by Gasteiger charge is -2.27. The number of carboxylic acid groups (broad SMARTS) is 1. The number of aliphatic carboxylic acids is 1. The second-order valence-electron chi connectivity index (χ2n) is 6.31. The number of nitrogens with one attached hydrogen (secondary N) is 1. The summed E-state index contributed by atoms with van der Waals surface area (Å²) in [6.07, 6.45) is 0.232. The highest BCUT2D eigenvalue weighted by Crippen LogP contribution is 2.29. The van der Waals surface area contributed by atoms with Crippen molar-refractivity contribution in [1.29, 1.82) is 0 Å². The van der Waals surface area contributed by atoms with Crippen molar-refractivity contribution in [2.45, 2.75) is 39.7 Å². The standard InChI is InChI=1S/C15H23NO4S/c1-15(2,3)11-13(12-7-5-4-6-8-12)16-21(19,20)10-9-14(17)18/h4-8,13,16H,9-11H2,1-3H3,(H,17,18). The van der Waals surface area contributed by atoms with Crippen molar-refractivity contribution in [2.24, 2.45) is 5.41 Å². The van der Waals surface area contributed by atoms with Crippen molar-refractivity contribution >= 4 is 16.0 Å². The monoisotopic (exact) mass is 313 g/mol. The third-order valence-corrected chi connectivity index (χ3v) is 4.31. The number of hydrogen-bond donors (Lipinski definition) is 2. The Bertz CT molecular complexity index is 561. The van der Waals surface area contributed by atoms with Crippen molar-refractivity contribution in [3.8, 4) is 0 Å². The lowest BCUT2D eigenvalue weighted by atomic mass is 9.86. The van der Waals surface area contributed by atoms with Gasteiger partial charge >= 0.3 is 5.97 Å². The van der Waals surface area contributed by atoms with Gasteiger partial charge in [-0.05, 0) is 17.4 Å². The molecule has 0 spiro atoms. The third kappa shape index (κ3) is 7.24. The van der Waals surface area contributed by atoms with Gasteiger partial charge in [0, 0.05) is 6.04 Å². The molecule has 0 saturated carbocycles. The molecular weight excluding hydrogens is 290 g/mol. The molecule has 0 aliphatic carbocycles. The van der Waals surface area contributed by atoms with E-state index in [1.807, 2.05) is 51.1 Å². The molecule has 1 aromatic rings. The van der Waals surface area contributed by atoms with Crippen LogP contribution in [0, 0.1) is 5.41 Å². The zero-order valence-corrected chi connectivity index (χ0v) is 13.5. The largest absolute Gasteiger partial charge is 0.481 e. The van der Waals surface area contributed by atoms with Gasteiger partial charge in [-0.2, -0.15) is 0 Å². The van der Waals surface area contributed by atoms with E-state index in [-0.39, 0.29) is 11.5 Å². The molecule has 0 fully saturated rings. The maximum Gasteiger partial charge on any atom is 0.304 e. The van der Waals surface area contributed by atoms with E-state index in [4.69, 9.17) is 5.11 Å². The molecule has 1 aromatic carbocycles. The quantitative estimate of drug-likeness (QED) is 0.810. The lowest BCUT2D eigenvalue weighted by molar-refractivity contribution is -0.136. The normalized spacial score (nSPS) is 13.9. The number of benzene rings is 1. The summed E-state index contributed by atoms with van der Waals surface area (Å²) in [7, 11) is -3.63. The minimum absolute atomic E-state index is 0.0597. The fraction of sp³-hybridized carbons (Fsp3) is 0.533. The molecule has 1 unspecified atom stereocenters. The van der Waals surface area contributed by atoms with Gasteiger partial charge < -0.3 is 5.11 Å². The SMILES string of the molecule is CC(C)(C)CC(NS(=O)(=O)CCC(=O)O)c1ccccc1. The first kappa shape index (κ1) is 17.7. The summed E-state index contributed by atoms with van der Waals surface area (Å²) < 4.78 is 26.7. The van der Waals surface area contributed by atoms with Gasteiger partial charge in [-0.3, -0.25) is 4.79 Å². The zero-order chi connectivity index (χ0) is 16.1. The van der Waals surface area contributed by atoms with Crippen LogP contribution in [0.3, 0.4) is 0 Å². The molecule has 5 nitrogen and oxygen atoms in total. The summed E-state index contributed by atoms with van der Waals surface area (Å²) in [4.78, 5) is 10.5. The molecule has 0 aromatic heterocycles. The molecule has 0 radical (unpaired) electrons. The first-order valence-electron chi connectivity index (χ1n) is 6.86.